The molecule has 1 atom stereocenters. The molecule has 108 valence electrons. The number of thioether (sulfide) groups is 1. The van der Waals surface area contributed by atoms with E-state index in [0.29, 0.717) is 19.0 Å². The Balaban J connectivity index is 1.75. The second-order valence-electron chi connectivity index (χ2n) is 4.71. The molecule has 1 aliphatic heterocycles. The highest BCUT2D eigenvalue weighted by Crippen LogP contribution is 2.25. The van der Waals surface area contributed by atoms with Crippen LogP contribution in [-0.4, -0.2) is 29.9 Å². The number of amides is 1. The fraction of sp³-hybridized carbons (Fsp3) is 0.467. The third kappa shape index (κ3) is 4.56. The second-order valence-corrected chi connectivity index (χ2v) is 5.71. The summed E-state index contributed by atoms with van der Waals surface area (Å²) < 4.78 is 0. The molecule has 1 heterocycles. The lowest BCUT2D eigenvalue weighted by atomic mass is 10.1. The summed E-state index contributed by atoms with van der Waals surface area (Å²) in [6, 6.07) is 10.7. The molecule has 0 spiro atoms. The maximum Gasteiger partial charge on any atom is 0.221 e. The molecule has 0 saturated carbocycles. The van der Waals surface area contributed by atoms with Gasteiger partial charge in [-0.1, -0.05) is 49.0 Å². The van der Waals surface area contributed by atoms with Gasteiger partial charge in [0.15, 0.2) is 5.17 Å². The van der Waals surface area contributed by atoms with Crippen LogP contribution in [0.1, 0.15) is 31.4 Å². The maximum absolute atomic E-state index is 11.5. The van der Waals surface area contributed by atoms with E-state index >= 15 is 0 Å². The van der Waals surface area contributed by atoms with Crippen molar-refractivity contribution in [2.45, 2.75) is 25.8 Å². The molecule has 2 rings (SSSR count). The van der Waals surface area contributed by atoms with Gasteiger partial charge in [0.05, 0.1) is 12.6 Å². The number of amidine groups is 1. The van der Waals surface area contributed by atoms with Crippen LogP contribution in [0.5, 0.6) is 0 Å². The molecule has 1 saturated heterocycles. The van der Waals surface area contributed by atoms with Gasteiger partial charge in [-0.15, -0.1) is 0 Å². The van der Waals surface area contributed by atoms with Crippen LogP contribution in [0.3, 0.4) is 0 Å². The van der Waals surface area contributed by atoms with E-state index in [4.69, 9.17) is 0 Å². The molecule has 1 unspecified atom stereocenters. The standard InChI is InChI=1S/C15H21N3OS/c1-2-9-16-14(19)8-10-17-15-18-13(11-20-15)12-6-4-3-5-7-12/h3-7,13H,2,8-11H2,1H3,(H,16,19)(H,17,18). The van der Waals surface area contributed by atoms with Gasteiger partial charge in [-0.2, -0.15) is 0 Å². The fourth-order valence-electron chi connectivity index (χ4n) is 1.96. The topological polar surface area (TPSA) is 53.5 Å². The van der Waals surface area contributed by atoms with E-state index in [0.717, 1.165) is 23.9 Å². The normalized spacial score (nSPS) is 19.9. The summed E-state index contributed by atoms with van der Waals surface area (Å²) in [6.45, 7) is 3.34. The molecule has 1 fully saturated rings. The molecular weight excluding hydrogens is 270 g/mol. The molecule has 0 aromatic heterocycles. The van der Waals surface area contributed by atoms with Gasteiger partial charge in [0, 0.05) is 18.7 Å². The van der Waals surface area contributed by atoms with Crippen LogP contribution in [0.15, 0.2) is 35.3 Å². The number of carbonyl (C=O) groups is 1. The van der Waals surface area contributed by atoms with Crippen LogP contribution in [0, 0.1) is 0 Å². The van der Waals surface area contributed by atoms with Gasteiger partial charge in [0.2, 0.25) is 5.91 Å². The molecular formula is C15H21N3OS. The molecule has 1 aliphatic rings. The Labute approximate surface area is 124 Å². The van der Waals surface area contributed by atoms with Crippen molar-refractivity contribution in [1.29, 1.82) is 0 Å². The van der Waals surface area contributed by atoms with Crippen molar-refractivity contribution in [1.82, 2.24) is 10.6 Å². The number of nitrogens with zero attached hydrogens (tertiary/aromatic N) is 1. The lowest BCUT2D eigenvalue weighted by Gasteiger charge is -2.09. The van der Waals surface area contributed by atoms with E-state index < -0.39 is 0 Å². The first-order valence-electron chi connectivity index (χ1n) is 7.05. The van der Waals surface area contributed by atoms with Gasteiger partial charge in [-0.3, -0.25) is 9.79 Å². The molecule has 0 bridgehead atoms. The Bertz CT molecular complexity index is 461. The predicted octanol–water partition coefficient (Wildman–Crippen LogP) is 2.34. The summed E-state index contributed by atoms with van der Waals surface area (Å²) >= 11 is 1.72. The third-order valence-corrected chi connectivity index (χ3v) is 4.07. The van der Waals surface area contributed by atoms with Crippen molar-refractivity contribution in [2.24, 2.45) is 4.99 Å². The van der Waals surface area contributed by atoms with Crippen LogP contribution in [-0.2, 0) is 4.79 Å². The van der Waals surface area contributed by atoms with Crippen molar-refractivity contribution in [3.8, 4) is 0 Å². The summed E-state index contributed by atoms with van der Waals surface area (Å²) in [5, 5.41) is 7.21. The third-order valence-electron chi connectivity index (χ3n) is 3.05. The van der Waals surface area contributed by atoms with Gasteiger partial charge in [0.25, 0.3) is 0 Å². The minimum Gasteiger partial charge on any atom is -0.357 e. The molecule has 1 aromatic carbocycles. The second kappa shape index (κ2) is 7.94. The minimum atomic E-state index is 0.0822. The zero-order chi connectivity index (χ0) is 14.2. The lowest BCUT2D eigenvalue weighted by molar-refractivity contribution is -0.120. The highest BCUT2D eigenvalue weighted by atomic mass is 32.2. The number of carbonyl (C=O) groups excluding carboxylic acids is 1. The highest BCUT2D eigenvalue weighted by molar-refractivity contribution is 8.14. The fourth-order valence-corrected chi connectivity index (χ4v) is 2.97. The van der Waals surface area contributed by atoms with E-state index in [2.05, 4.69) is 39.9 Å². The number of aliphatic imine (C=N–C) groups is 1. The van der Waals surface area contributed by atoms with Crippen LogP contribution in [0.25, 0.3) is 0 Å². The Hall–Kier alpha value is -1.49. The Kier molecular flexibility index (Phi) is 5.92. The first kappa shape index (κ1) is 14.9. The van der Waals surface area contributed by atoms with E-state index in [1.54, 1.807) is 11.8 Å². The average Bonchev–Trinajstić information content (AvgIpc) is 2.95. The van der Waals surface area contributed by atoms with Crippen LogP contribution < -0.4 is 10.6 Å². The first-order chi connectivity index (χ1) is 9.79. The van der Waals surface area contributed by atoms with Crippen LogP contribution in [0.2, 0.25) is 0 Å². The summed E-state index contributed by atoms with van der Waals surface area (Å²) in [7, 11) is 0. The molecule has 1 aromatic rings. The van der Waals surface area contributed by atoms with E-state index in [9.17, 15) is 4.79 Å². The van der Waals surface area contributed by atoms with Crippen molar-refractivity contribution in [3.63, 3.8) is 0 Å². The van der Waals surface area contributed by atoms with Gasteiger partial charge < -0.3 is 10.6 Å². The van der Waals surface area contributed by atoms with Gasteiger partial charge in [0.1, 0.15) is 0 Å². The van der Waals surface area contributed by atoms with Crippen molar-refractivity contribution in [2.75, 3.05) is 18.8 Å². The van der Waals surface area contributed by atoms with Gasteiger partial charge >= 0.3 is 0 Å². The molecule has 4 nitrogen and oxygen atoms in total. The smallest absolute Gasteiger partial charge is 0.221 e. The quantitative estimate of drug-likeness (QED) is 0.846. The van der Waals surface area contributed by atoms with Crippen LogP contribution >= 0.6 is 11.8 Å². The number of hydrogen-bond acceptors (Lipinski definition) is 3. The molecule has 1 amide bonds. The van der Waals surface area contributed by atoms with E-state index in [1.165, 1.54) is 5.56 Å². The molecule has 20 heavy (non-hydrogen) atoms. The SMILES string of the molecule is CCCNC(=O)CCN=C1NC(c2ccccc2)CS1. The maximum atomic E-state index is 11.5. The monoisotopic (exact) mass is 291 g/mol. The minimum absolute atomic E-state index is 0.0822. The molecule has 5 heteroatoms. The van der Waals surface area contributed by atoms with E-state index in [-0.39, 0.29) is 5.91 Å². The summed E-state index contributed by atoms with van der Waals surface area (Å²) in [6.07, 6.45) is 1.43. The Morgan fingerprint density at radius 3 is 3.00 bits per heavy atom. The largest absolute Gasteiger partial charge is 0.357 e. The number of benzene rings is 1. The summed E-state index contributed by atoms with van der Waals surface area (Å²) in [5.74, 6) is 1.07. The highest BCUT2D eigenvalue weighted by Gasteiger charge is 2.21. The molecule has 0 aliphatic carbocycles. The van der Waals surface area contributed by atoms with Crippen molar-refractivity contribution >= 4 is 22.8 Å². The molecule has 0 radical (unpaired) electrons. The zero-order valence-electron chi connectivity index (χ0n) is 11.8. The number of rotatable bonds is 6. The van der Waals surface area contributed by atoms with Gasteiger partial charge in [-0.05, 0) is 12.0 Å². The Morgan fingerprint density at radius 1 is 1.45 bits per heavy atom. The predicted molar refractivity (Wildman–Crippen MR) is 85.0 cm³/mol. The molecule has 2 N–H and O–H groups in total. The number of hydrogen-bond donors (Lipinski definition) is 2. The Morgan fingerprint density at radius 2 is 2.25 bits per heavy atom. The average molecular weight is 291 g/mol. The van der Waals surface area contributed by atoms with E-state index in [1.807, 2.05) is 13.0 Å². The number of nitrogens with one attached hydrogen (secondary N) is 2. The zero-order valence-corrected chi connectivity index (χ0v) is 12.6. The lowest BCUT2D eigenvalue weighted by Crippen LogP contribution is -2.25. The van der Waals surface area contributed by atoms with Crippen LogP contribution in [0.4, 0.5) is 0 Å². The summed E-state index contributed by atoms with van der Waals surface area (Å²) in [4.78, 5) is 15.9. The van der Waals surface area contributed by atoms with Crippen molar-refractivity contribution < 1.29 is 4.79 Å². The van der Waals surface area contributed by atoms with Crippen molar-refractivity contribution in [3.05, 3.63) is 35.9 Å². The van der Waals surface area contributed by atoms with Gasteiger partial charge in [-0.25, -0.2) is 0 Å². The summed E-state index contributed by atoms with van der Waals surface area (Å²) in [5.41, 5.74) is 1.28. The first-order valence-corrected chi connectivity index (χ1v) is 8.03.